The van der Waals surface area contributed by atoms with Crippen LogP contribution in [0.1, 0.15) is 26.2 Å². The number of amides is 1. The van der Waals surface area contributed by atoms with Crippen LogP contribution in [0.3, 0.4) is 0 Å². The molecule has 2 N–H and O–H groups in total. The first kappa shape index (κ1) is 12.5. The maximum absolute atomic E-state index is 11.3. The third-order valence-corrected chi connectivity index (χ3v) is 2.90. The fraction of sp³-hybridized carbons (Fsp3) is 0.909. The second-order valence-electron chi connectivity index (χ2n) is 4.60. The fourth-order valence-electron chi connectivity index (χ4n) is 1.89. The molecule has 4 nitrogen and oxygen atoms in total. The van der Waals surface area contributed by atoms with E-state index < -0.39 is 0 Å². The minimum absolute atomic E-state index is 0.140. The van der Waals surface area contributed by atoms with Crippen molar-refractivity contribution in [2.24, 2.45) is 0 Å². The van der Waals surface area contributed by atoms with Crippen molar-refractivity contribution >= 4 is 5.91 Å². The monoisotopic (exact) mass is 213 g/mol. The zero-order valence-corrected chi connectivity index (χ0v) is 10.0. The topological polar surface area (TPSA) is 44.4 Å². The van der Waals surface area contributed by atoms with Crippen LogP contribution in [0.4, 0.5) is 0 Å². The smallest absolute Gasteiger partial charge is 0.236 e. The number of carbonyl (C=O) groups is 1. The highest BCUT2D eigenvalue weighted by Crippen LogP contribution is 2.10. The predicted octanol–water partition coefficient (Wildman–Crippen LogP) is 0.195. The molecule has 1 rings (SSSR count). The SMILES string of the molecule is CC(CC1CCCN1)NCC(=O)N(C)C. The Morgan fingerprint density at radius 3 is 2.87 bits per heavy atom. The van der Waals surface area contributed by atoms with Crippen molar-refractivity contribution in [1.82, 2.24) is 15.5 Å². The van der Waals surface area contributed by atoms with Gasteiger partial charge in [0.15, 0.2) is 0 Å². The van der Waals surface area contributed by atoms with Crippen molar-refractivity contribution in [3.8, 4) is 0 Å². The molecule has 0 aliphatic carbocycles. The molecule has 0 aromatic heterocycles. The van der Waals surface area contributed by atoms with Crippen molar-refractivity contribution in [2.75, 3.05) is 27.2 Å². The van der Waals surface area contributed by atoms with Gasteiger partial charge in [-0.25, -0.2) is 0 Å². The number of hydrogen-bond donors (Lipinski definition) is 2. The van der Waals surface area contributed by atoms with Crippen LogP contribution < -0.4 is 10.6 Å². The lowest BCUT2D eigenvalue weighted by atomic mass is 10.1. The molecule has 0 saturated carbocycles. The van der Waals surface area contributed by atoms with Gasteiger partial charge in [-0.15, -0.1) is 0 Å². The summed E-state index contributed by atoms with van der Waals surface area (Å²) in [6.07, 6.45) is 3.67. The number of likely N-dealkylation sites (N-methyl/N-ethyl adjacent to an activating group) is 1. The van der Waals surface area contributed by atoms with Gasteiger partial charge in [0.05, 0.1) is 6.54 Å². The lowest BCUT2D eigenvalue weighted by Gasteiger charge is -2.19. The normalized spacial score (nSPS) is 22.7. The lowest BCUT2D eigenvalue weighted by Crippen LogP contribution is -2.40. The Morgan fingerprint density at radius 1 is 1.60 bits per heavy atom. The Hall–Kier alpha value is -0.610. The van der Waals surface area contributed by atoms with E-state index in [0.717, 1.165) is 13.0 Å². The zero-order chi connectivity index (χ0) is 11.3. The maximum atomic E-state index is 11.3. The van der Waals surface area contributed by atoms with E-state index in [1.165, 1.54) is 12.8 Å². The predicted molar refractivity (Wildman–Crippen MR) is 61.8 cm³/mol. The fourth-order valence-corrected chi connectivity index (χ4v) is 1.89. The Balaban J connectivity index is 2.12. The first-order valence-electron chi connectivity index (χ1n) is 5.76. The molecule has 1 aliphatic rings. The Bertz CT molecular complexity index is 200. The summed E-state index contributed by atoms with van der Waals surface area (Å²) < 4.78 is 0. The van der Waals surface area contributed by atoms with E-state index in [1.807, 2.05) is 0 Å². The first-order valence-corrected chi connectivity index (χ1v) is 5.76. The van der Waals surface area contributed by atoms with Crippen molar-refractivity contribution in [3.63, 3.8) is 0 Å². The van der Waals surface area contributed by atoms with Gasteiger partial charge in [-0.3, -0.25) is 4.79 Å². The van der Waals surface area contributed by atoms with Crippen molar-refractivity contribution in [2.45, 2.75) is 38.3 Å². The van der Waals surface area contributed by atoms with Crippen LogP contribution in [-0.2, 0) is 4.79 Å². The molecule has 2 unspecified atom stereocenters. The summed E-state index contributed by atoms with van der Waals surface area (Å²) in [7, 11) is 3.57. The molecular formula is C11H23N3O. The summed E-state index contributed by atoms with van der Waals surface area (Å²) in [4.78, 5) is 13.0. The van der Waals surface area contributed by atoms with Crippen molar-refractivity contribution in [3.05, 3.63) is 0 Å². The number of nitrogens with zero attached hydrogens (tertiary/aromatic N) is 1. The van der Waals surface area contributed by atoms with Gasteiger partial charge >= 0.3 is 0 Å². The Morgan fingerprint density at radius 2 is 2.33 bits per heavy atom. The number of carbonyl (C=O) groups excluding carboxylic acids is 1. The van der Waals surface area contributed by atoms with Gasteiger partial charge < -0.3 is 15.5 Å². The van der Waals surface area contributed by atoms with Gasteiger partial charge in [0.1, 0.15) is 0 Å². The summed E-state index contributed by atoms with van der Waals surface area (Å²) in [6.45, 7) is 3.73. The zero-order valence-electron chi connectivity index (χ0n) is 10.0. The highest BCUT2D eigenvalue weighted by Gasteiger charge is 2.17. The molecule has 15 heavy (non-hydrogen) atoms. The van der Waals surface area contributed by atoms with Crippen LogP contribution in [0.15, 0.2) is 0 Å². The summed E-state index contributed by atoms with van der Waals surface area (Å²) >= 11 is 0. The molecule has 0 aromatic rings. The van der Waals surface area contributed by atoms with Crippen LogP contribution in [-0.4, -0.2) is 50.1 Å². The average Bonchev–Trinajstić information content (AvgIpc) is 2.66. The molecule has 1 saturated heterocycles. The summed E-state index contributed by atoms with van der Waals surface area (Å²) in [5.41, 5.74) is 0. The molecule has 1 heterocycles. The Kier molecular flexibility index (Phi) is 5.05. The van der Waals surface area contributed by atoms with E-state index in [-0.39, 0.29) is 5.91 Å². The third-order valence-electron chi connectivity index (χ3n) is 2.90. The molecule has 0 aromatic carbocycles. The van der Waals surface area contributed by atoms with E-state index in [0.29, 0.717) is 18.6 Å². The van der Waals surface area contributed by atoms with E-state index in [4.69, 9.17) is 0 Å². The van der Waals surface area contributed by atoms with Crippen LogP contribution in [0.25, 0.3) is 0 Å². The number of nitrogens with one attached hydrogen (secondary N) is 2. The number of rotatable bonds is 5. The minimum atomic E-state index is 0.140. The molecule has 0 bridgehead atoms. The summed E-state index contributed by atoms with van der Waals surface area (Å²) in [6, 6.07) is 1.05. The molecule has 2 atom stereocenters. The third kappa shape index (κ3) is 4.62. The van der Waals surface area contributed by atoms with E-state index >= 15 is 0 Å². The average molecular weight is 213 g/mol. The van der Waals surface area contributed by atoms with Gasteiger partial charge in [0.2, 0.25) is 5.91 Å². The highest BCUT2D eigenvalue weighted by atomic mass is 16.2. The molecule has 1 aliphatic heterocycles. The second-order valence-corrected chi connectivity index (χ2v) is 4.60. The molecule has 0 spiro atoms. The quantitative estimate of drug-likeness (QED) is 0.685. The van der Waals surface area contributed by atoms with Crippen LogP contribution in [0.2, 0.25) is 0 Å². The molecule has 88 valence electrons. The summed E-state index contributed by atoms with van der Waals surface area (Å²) in [5, 5.41) is 6.72. The summed E-state index contributed by atoms with van der Waals surface area (Å²) in [5.74, 6) is 0.140. The van der Waals surface area contributed by atoms with Crippen LogP contribution >= 0.6 is 0 Å². The maximum Gasteiger partial charge on any atom is 0.236 e. The second kappa shape index (κ2) is 6.08. The highest BCUT2D eigenvalue weighted by molar-refractivity contribution is 5.77. The van der Waals surface area contributed by atoms with Gasteiger partial charge in [-0.05, 0) is 32.7 Å². The standard InChI is InChI=1S/C11H23N3O/c1-9(7-10-5-4-6-12-10)13-8-11(15)14(2)3/h9-10,12-13H,4-8H2,1-3H3. The van der Waals surface area contributed by atoms with E-state index in [2.05, 4.69) is 17.6 Å². The molecular weight excluding hydrogens is 190 g/mol. The molecule has 1 amide bonds. The Labute approximate surface area is 92.4 Å². The van der Waals surface area contributed by atoms with Crippen LogP contribution in [0.5, 0.6) is 0 Å². The van der Waals surface area contributed by atoms with Gasteiger partial charge in [0.25, 0.3) is 0 Å². The molecule has 4 heteroatoms. The minimum Gasteiger partial charge on any atom is -0.348 e. The van der Waals surface area contributed by atoms with E-state index in [1.54, 1.807) is 19.0 Å². The van der Waals surface area contributed by atoms with Crippen molar-refractivity contribution in [1.29, 1.82) is 0 Å². The van der Waals surface area contributed by atoms with Gasteiger partial charge in [-0.2, -0.15) is 0 Å². The largest absolute Gasteiger partial charge is 0.348 e. The first-order chi connectivity index (χ1) is 7.09. The number of hydrogen-bond acceptors (Lipinski definition) is 3. The molecule has 1 fully saturated rings. The molecule has 0 radical (unpaired) electrons. The van der Waals surface area contributed by atoms with Gasteiger partial charge in [-0.1, -0.05) is 0 Å². The van der Waals surface area contributed by atoms with Gasteiger partial charge in [0, 0.05) is 26.2 Å². The van der Waals surface area contributed by atoms with Crippen LogP contribution in [0, 0.1) is 0 Å². The van der Waals surface area contributed by atoms with E-state index in [9.17, 15) is 4.79 Å². The van der Waals surface area contributed by atoms with Crippen molar-refractivity contribution < 1.29 is 4.79 Å². The lowest BCUT2D eigenvalue weighted by molar-refractivity contribution is -0.127.